The molecule has 2 aromatic rings. The number of hydrogen-bond acceptors (Lipinski definition) is 5. The predicted molar refractivity (Wildman–Crippen MR) is 109 cm³/mol. The molecule has 29 heavy (non-hydrogen) atoms. The minimum absolute atomic E-state index is 0.0411. The molecule has 1 unspecified atom stereocenters. The van der Waals surface area contributed by atoms with Crippen molar-refractivity contribution in [2.45, 2.75) is 58.5 Å². The van der Waals surface area contributed by atoms with Crippen LogP contribution >= 0.6 is 0 Å². The Morgan fingerprint density at radius 3 is 2.48 bits per heavy atom. The van der Waals surface area contributed by atoms with Crippen LogP contribution in [0.2, 0.25) is 0 Å². The van der Waals surface area contributed by atoms with Crippen molar-refractivity contribution in [2.24, 2.45) is 0 Å². The summed E-state index contributed by atoms with van der Waals surface area (Å²) in [6.07, 6.45) is 5.46. The van der Waals surface area contributed by atoms with Crippen molar-refractivity contribution in [3.05, 3.63) is 58.1 Å². The van der Waals surface area contributed by atoms with Crippen LogP contribution in [0.1, 0.15) is 72.1 Å². The molecule has 0 N–H and O–H groups in total. The lowest BCUT2D eigenvalue weighted by molar-refractivity contribution is 0.0733. The summed E-state index contributed by atoms with van der Waals surface area (Å²) in [5, 5.41) is 19.3. The van der Waals surface area contributed by atoms with E-state index in [-0.39, 0.29) is 23.0 Å². The van der Waals surface area contributed by atoms with Crippen LogP contribution in [0.15, 0.2) is 30.3 Å². The second kappa shape index (κ2) is 9.26. The molecule has 5 nitrogen and oxygen atoms in total. The maximum absolute atomic E-state index is 12.6. The van der Waals surface area contributed by atoms with Gasteiger partial charge >= 0.3 is 5.97 Å². The molecule has 2 aromatic carbocycles. The van der Waals surface area contributed by atoms with E-state index in [4.69, 9.17) is 9.47 Å². The van der Waals surface area contributed by atoms with Crippen LogP contribution in [-0.2, 0) is 12.8 Å². The molecule has 0 bridgehead atoms. The average molecular weight is 388 g/mol. The van der Waals surface area contributed by atoms with E-state index in [1.807, 2.05) is 18.2 Å². The zero-order valence-corrected chi connectivity index (χ0v) is 16.8. The highest BCUT2D eigenvalue weighted by molar-refractivity contribution is 5.91. The molecule has 0 saturated carbocycles. The lowest BCUT2D eigenvalue weighted by Crippen LogP contribution is -2.23. The summed E-state index contributed by atoms with van der Waals surface area (Å²) in [6, 6.07) is 13.0. The number of aryl methyl sites for hydroxylation is 2. The topological polar surface area (TPSA) is 83.1 Å². The Morgan fingerprint density at radius 1 is 1.14 bits per heavy atom. The quantitative estimate of drug-likeness (QED) is 0.508. The number of benzene rings is 2. The first-order chi connectivity index (χ1) is 14.1. The summed E-state index contributed by atoms with van der Waals surface area (Å²) in [7, 11) is 0. The van der Waals surface area contributed by atoms with Gasteiger partial charge in [-0.2, -0.15) is 10.5 Å². The molecule has 0 fully saturated rings. The number of esters is 1. The lowest BCUT2D eigenvalue weighted by atomic mass is 9.94. The molecule has 148 valence electrons. The van der Waals surface area contributed by atoms with Crippen molar-refractivity contribution in [3.8, 4) is 23.6 Å². The van der Waals surface area contributed by atoms with Crippen LogP contribution in [0.4, 0.5) is 0 Å². The lowest BCUT2D eigenvalue weighted by Gasteiger charge is -2.27. The standard InChI is InChI=1S/C24H24N2O3/c1-3-5-16-7-9-17(10-8-16)24(27)29-22-13-18-11-12-19(6-4-2)28-23(18)21(15-26)20(22)14-25/h7-10,13,19H,3-6,11-12H2,1-2H3. The van der Waals surface area contributed by atoms with Crippen molar-refractivity contribution in [1.29, 1.82) is 10.5 Å². The SMILES string of the molecule is CCCc1ccc(C(=O)Oc2cc3c(c(C#N)c2C#N)OC(CCC)CC3)cc1. The van der Waals surface area contributed by atoms with Crippen molar-refractivity contribution in [2.75, 3.05) is 0 Å². The summed E-state index contributed by atoms with van der Waals surface area (Å²) in [4.78, 5) is 12.6. The zero-order valence-electron chi connectivity index (χ0n) is 16.8. The van der Waals surface area contributed by atoms with Crippen LogP contribution in [0.5, 0.6) is 11.5 Å². The fraction of sp³-hybridized carbons (Fsp3) is 0.375. The van der Waals surface area contributed by atoms with Gasteiger partial charge in [-0.25, -0.2) is 4.79 Å². The summed E-state index contributed by atoms with van der Waals surface area (Å²) in [5.41, 5.74) is 2.55. The van der Waals surface area contributed by atoms with Crippen LogP contribution in [-0.4, -0.2) is 12.1 Å². The fourth-order valence-electron chi connectivity index (χ4n) is 3.63. The van der Waals surface area contributed by atoms with E-state index < -0.39 is 5.97 Å². The first-order valence-electron chi connectivity index (χ1n) is 10.1. The van der Waals surface area contributed by atoms with Crippen LogP contribution in [0, 0.1) is 22.7 Å². The van der Waals surface area contributed by atoms with Crippen LogP contribution in [0.25, 0.3) is 0 Å². The summed E-state index contributed by atoms with van der Waals surface area (Å²) in [5.74, 6) is 0.0226. The number of fused-ring (bicyclic) bond motifs is 1. The van der Waals surface area contributed by atoms with E-state index in [1.165, 1.54) is 0 Å². The third kappa shape index (κ3) is 4.41. The highest BCUT2D eigenvalue weighted by Gasteiger charge is 2.27. The Balaban J connectivity index is 1.91. The Labute approximate surface area is 171 Å². The van der Waals surface area contributed by atoms with Gasteiger partial charge in [0.25, 0.3) is 0 Å². The molecule has 1 heterocycles. The maximum Gasteiger partial charge on any atom is 0.343 e. The molecule has 0 aliphatic carbocycles. The molecule has 1 aliphatic heterocycles. The highest BCUT2D eigenvalue weighted by Crippen LogP contribution is 2.39. The number of hydrogen-bond donors (Lipinski definition) is 0. The second-order valence-corrected chi connectivity index (χ2v) is 7.24. The molecule has 1 atom stereocenters. The smallest absolute Gasteiger partial charge is 0.343 e. The number of carbonyl (C=O) groups is 1. The fourth-order valence-corrected chi connectivity index (χ4v) is 3.63. The molecular weight excluding hydrogens is 364 g/mol. The minimum Gasteiger partial charge on any atom is -0.489 e. The van der Waals surface area contributed by atoms with E-state index in [9.17, 15) is 15.3 Å². The molecular formula is C24H24N2O3. The summed E-state index contributed by atoms with van der Waals surface area (Å²) in [6.45, 7) is 4.19. The van der Waals surface area contributed by atoms with Gasteiger partial charge in [0.1, 0.15) is 29.0 Å². The minimum atomic E-state index is -0.547. The largest absolute Gasteiger partial charge is 0.489 e. The van der Waals surface area contributed by atoms with Gasteiger partial charge in [0, 0.05) is 0 Å². The van der Waals surface area contributed by atoms with Crippen molar-refractivity contribution >= 4 is 5.97 Å². The molecule has 0 aromatic heterocycles. The van der Waals surface area contributed by atoms with Crippen molar-refractivity contribution in [3.63, 3.8) is 0 Å². The van der Waals surface area contributed by atoms with E-state index in [0.29, 0.717) is 11.3 Å². The molecule has 0 radical (unpaired) electrons. The zero-order chi connectivity index (χ0) is 20.8. The predicted octanol–water partition coefficient (Wildman–Crippen LogP) is 5.10. The highest BCUT2D eigenvalue weighted by atomic mass is 16.5. The first kappa shape index (κ1) is 20.4. The number of rotatable bonds is 6. The molecule has 0 spiro atoms. The van der Waals surface area contributed by atoms with E-state index >= 15 is 0 Å². The molecule has 5 heteroatoms. The number of ether oxygens (including phenoxy) is 2. The Kier molecular flexibility index (Phi) is 6.52. The number of nitrogens with zero attached hydrogens (tertiary/aromatic N) is 2. The Morgan fingerprint density at radius 2 is 1.86 bits per heavy atom. The third-order valence-electron chi connectivity index (χ3n) is 5.11. The van der Waals surface area contributed by atoms with E-state index in [0.717, 1.165) is 49.7 Å². The number of carbonyl (C=O) groups excluding carboxylic acids is 1. The molecule has 1 aliphatic rings. The average Bonchev–Trinajstić information content (AvgIpc) is 2.73. The van der Waals surface area contributed by atoms with Gasteiger partial charge in [0.05, 0.1) is 11.7 Å². The number of nitriles is 2. The molecule has 3 rings (SSSR count). The van der Waals surface area contributed by atoms with Crippen molar-refractivity contribution < 1.29 is 14.3 Å². The molecule has 0 amide bonds. The van der Waals surface area contributed by atoms with Gasteiger partial charge in [-0.3, -0.25) is 0 Å². The monoisotopic (exact) mass is 388 g/mol. The summed E-state index contributed by atoms with van der Waals surface area (Å²) >= 11 is 0. The second-order valence-electron chi connectivity index (χ2n) is 7.24. The summed E-state index contributed by atoms with van der Waals surface area (Å²) < 4.78 is 11.5. The van der Waals surface area contributed by atoms with Gasteiger partial charge < -0.3 is 9.47 Å². The van der Waals surface area contributed by atoms with Gasteiger partial charge in [0.2, 0.25) is 0 Å². The molecule has 0 saturated heterocycles. The Hall–Kier alpha value is -3.31. The Bertz CT molecular complexity index is 981. The van der Waals surface area contributed by atoms with Gasteiger partial charge in [-0.15, -0.1) is 0 Å². The maximum atomic E-state index is 12.6. The first-order valence-corrected chi connectivity index (χ1v) is 10.1. The van der Waals surface area contributed by atoms with E-state index in [1.54, 1.807) is 18.2 Å². The van der Waals surface area contributed by atoms with Crippen molar-refractivity contribution in [1.82, 2.24) is 0 Å². The van der Waals surface area contributed by atoms with Crippen LogP contribution < -0.4 is 9.47 Å². The third-order valence-corrected chi connectivity index (χ3v) is 5.11. The van der Waals surface area contributed by atoms with Gasteiger partial charge in [-0.1, -0.05) is 38.8 Å². The van der Waals surface area contributed by atoms with E-state index in [2.05, 4.69) is 19.9 Å². The van der Waals surface area contributed by atoms with Crippen LogP contribution in [0.3, 0.4) is 0 Å². The van der Waals surface area contributed by atoms with Gasteiger partial charge in [-0.05, 0) is 55.0 Å². The normalized spacial score (nSPS) is 14.8. The van der Waals surface area contributed by atoms with Gasteiger partial charge in [0.15, 0.2) is 5.75 Å².